The second-order valence-corrected chi connectivity index (χ2v) is 7.30. The van der Waals surface area contributed by atoms with Crippen LogP contribution in [-0.4, -0.2) is 31.7 Å². The fourth-order valence-corrected chi connectivity index (χ4v) is 0. The fraction of sp³-hybridized carbons (Fsp3) is 1.00. The van der Waals surface area contributed by atoms with Crippen molar-refractivity contribution in [1.82, 2.24) is 0 Å². The van der Waals surface area contributed by atoms with Crippen molar-refractivity contribution in [2.45, 2.75) is 6.55 Å². The molecule has 0 amide bonds. The maximum absolute atomic E-state index is 8.43. The monoisotopic (exact) mass is 116 g/mol. The minimum atomic E-state index is -0.933. The Morgan fingerprint density at radius 3 is 2.20 bits per heavy atom. The Balaban J connectivity index is 2.54. The van der Waals surface area contributed by atoms with Gasteiger partial charge in [-0.25, -0.2) is 0 Å². The van der Waals surface area contributed by atoms with Crippen LogP contribution in [0.15, 0.2) is 0 Å². The minimum Gasteiger partial charge on any atom is -0.436 e. The van der Waals surface area contributed by atoms with E-state index in [0.29, 0.717) is 8.55 Å². The second-order valence-electron chi connectivity index (χ2n) is 0.710. The lowest BCUT2D eigenvalue weighted by Gasteiger charge is -1.84. The molecule has 0 aromatic heterocycles. The summed E-state index contributed by atoms with van der Waals surface area (Å²) in [5, 5.41) is 0. The summed E-state index contributed by atoms with van der Waals surface area (Å²) in [6.45, 7) is 1.84. The zero-order valence-electron chi connectivity index (χ0n) is 2.95. The number of hydrogen-bond acceptors (Lipinski definition) is 1. The maximum atomic E-state index is 8.43. The van der Waals surface area contributed by atoms with E-state index in [4.69, 9.17) is 4.80 Å². The van der Waals surface area contributed by atoms with Gasteiger partial charge in [-0.15, -0.1) is 0 Å². The molecule has 0 spiro atoms. The first-order valence-corrected chi connectivity index (χ1v) is 6.67. The highest BCUT2D eigenvalue weighted by atomic mass is 29.5. The molecular formula is CH4OSi3. The van der Waals surface area contributed by atoms with Crippen molar-refractivity contribution in [2.75, 3.05) is 0 Å². The van der Waals surface area contributed by atoms with Crippen LogP contribution in [0.25, 0.3) is 0 Å². The highest BCUT2D eigenvalue weighted by molar-refractivity contribution is 7.28. The van der Waals surface area contributed by atoms with Crippen LogP contribution in [0.1, 0.15) is 0 Å². The first kappa shape index (κ1) is 5.61. The second kappa shape index (κ2) is 2.83. The summed E-state index contributed by atoms with van der Waals surface area (Å²) < 4.78 is 0. The van der Waals surface area contributed by atoms with Gasteiger partial charge < -0.3 is 4.80 Å². The van der Waals surface area contributed by atoms with Crippen LogP contribution in [0.5, 0.6) is 0 Å². The highest BCUT2D eigenvalue weighted by Gasteiger charge is 1.89. The smallest absolute Gasteiger partial charge is 0.178 e. The highest BCUT2D eigenvalue weighted by Crippen LogP contribution is 1.58. The first-order chi connectivity index (χ1) is 2.27. The molecule has 0 saturated carbocycles. The van der Waals surface area contributed by atoms with E-state index in [-0.39, 0.29) is 0 Å². The van der Waals surface area contributed by atoms with Gasteiger partial charge in [-0.05, 0) is 6.55 Å². The summed E-state index contributed by atoms with van der Waals surface area (Å²) in [4.78, 5) is 8.43. The van der Waals surface area contributed by atoms with Gasteiger partial charge in [0.05, 0.1) is 0 Å². The summed E-state index contributed by atoms with van der Waals surface area (Å²) in [6.07, 6.45) is 0. The molecule has 1 nitrogen and oxygen atoms in total. The predicted octanol–water partition coefficient (Wildman–Crippen LogP) is -1.12. The molecular weight excluding hydrogens is 112 g/mol. The van der Waals surface area contributed by atoms with Gasteiger partial charge in [0.25, 0.3) is 0 Å². The molecule has 0 unspecified atom stereocenters. The molecule has 0 aromatic carbocycles. The molecule has 26 valence electrons. The Bertz CT molecular complexity index is 20.9. The third-order valence-corrected chi connectivity index (χ3v) is 4.88. The van der Waals surface area contributed by atoms with E-state index in [1.807, 2.05) is 6.55 Å². The largest absolute Gasteiger partial charge is 0.436 e. The first-order valence-electron chi connectivity index (χ1n) is 1.22. The van der Waals surface area contributed by atoms with E-state index in [1.54, 1.807) is 0 Å². The maximum Gasteiger partial charge on any atom is 0.178 e. The molecule has 0 rings (SSSR count). The van der Waals surface area contributed by atoms with Crippen LogP contribution in [0.3, 0.4) is 0 Å². The summed E-state index contributed by atoms with van der Waals surface area (Å²) in [7, 11) is 2.82. The third kappa shape index (κ3) is 4.61. The van der Waals surface area contributed by atoms with Gasteiger partial charge in [-0.1, -0.05) is 0 Å². The molecule has 0 aromatic rings. The molecule has 0 heterocycles. The van der Waals surface area contributed by atoms with Gasteiger partial charge in [0, 0.05) is 18.3 Å². The van der Waals surface area contributed by atoms with Gasteiger partial charge in [-0.3, -0.25) is 0 Å². The Kier molecular flexibility index (Phi) is 3.17. The van der Waals surface area contributed by atoms with Crippen LogP contribution in [0.4, 0.5) is 0 Å². The van der Waals surface area contributed by atoms with Crippen molar-refractivity contribution in [1.29, 1.82) is 0 Å². The third-order valence-electron chi connectivity index (χ3n) is 0.181. The van der Waals surface area contributed by atoms with Crippen LogP contribution >= 0.6 is 0 Å². The van der Waals surface area contributed by atoms with E-state index < -0.39 is 8.56 Å². The molecule has 6 radical (unpaired) electrons. The number of hydrogen-bond donors (Lipinski definition) is 1. The van der Waals surface area contributed by atoms with Crippen molar-refractivity contribution in [3.63, 3.8) is 0 Å². The van der Waals surface area contributed by atoms with Gasteiger partial charge in [0.15, 0.2) is 8.56 Å². The summed E-state index contributed by atoms with van der Waals surface area (Å²) >= 11 is 0. The SMILES string of the molecule is C[Si](O)[Si][Si]. The Morgan fingerprint density at radius 1 is 2.00 bits per heavy atom. The normalized spacial score (nSPS) is 9.60. The molecule has 0 fully saturated rings. The van der Waals surface area contributed by atoms with E-state index in [2.05, 4.69) is 9.76 Å². The van der Waals surface area contributed by atoms with Crippen molar-refractivity contribution in [3.8, 4) is 0 Å². The summed E-state index contributed by atoms with van der Waals surface area (Å²) in [5.74, 6) is 0. The predicted molar refractivity (Wildman–Crippen MR) is 25.3 cm³/mol. The van der Waals surface area contributed by atoms with Crippen molar-refractivity contribution >= 4 is 26.9 Å². The lowest BCUT2D eigenvalue weighted by molar-refractivity contribution is 0.601. The van der Waals surface area contributed by atoms with Gasteiger partial charge in [0.1, 0.15) is 0 Å². The zero-order chi connectivity index (χ0) is 4.28. The summed E-state index contributed by atoms with van der Waals surface area (Å²) in [6, 6.07) is 0. The fourth-order valence-electron chi connectivity index (χ4n) is 0. The molecule has 4 heteroatoms. The Hall–Kier alpha value is 0.611. The average molecular weight is 116 g/mol. The quantitative estimate of drug-likeness (QED) is 0.431. The van der Waals surface area contributed by atoms with Crippen LogP contribution in [0.2, 0.25) is 6.55 Å². The molecule has 0 aliphatic heterocycles. The number of rotatable bonds is 1. The van der Waals surface area contributed by atoms with E-state index in [9.17, 15) is 0 Å². The van der Waals surface area contributed by atoms with Crippen molar-refractivity contribution < 1.29 is 4.80 Å². The molecule has 5 heavy (non-hydrogen) atoms. The minimum absolute atomic E-state index is 0.577. The van der Waals surface area contributed by atoms with Crippen LogP contribution in [0, 0.1) is 0 Å². The topological polar surface area (TPSA) is 20.2 Å². The van der Waals surface area contributed by atoms with E-state index in [1.165, 1.54) is 0 Å². The molecule has 0 aliphatic carbocycles. The van der Waals surface area contributed by atoms with Gasteiger partial charge >= 0.3 is 0 Å². The lowest BCUT2D eigenvalue weighted by atomic mass is 11.9. The lowest BCUT2D eigenvalue weighted by Crippen LogP contribution is -2.16. The Labute approximate surface area is 39.0 Å². The molecule has 0 saturated heterocycles. The Morgan fingerprint density at radius 2 is 2.20 bits per heavy atom. The average Bonchev–Trinajstić information content (AvgIpc) is 1.38. The van der Waals surface area contributed by atoms with Crippen LogP contribution < -0.4 is 0 Å². The van der Waals surface area contributed by atoms with Crippen molar-refractivity contribution in [3.05, 3.63) is 0 Å². The molecule has 0 aliphatic rings. The molecule has 0 bridgehead atoms. The van der Waals surface area contributed by atoms with E-state index >= 15 is 0 Å². The van der Waals surface area contributed by atoms with Gasteiger partial charge in [0.2, 0.25) is 0 Å². The van der Waals surface area contributed by atoms with Gasteiger partial charge in [-0.2, -0.15) is 0 Å². The zero-order valence-corrected chi connectivity index (χ0v) is 5.95. The standard InChI is InChI=1S/CH4OSi3/c1-5(2)4-3/h2H,1H3. The van der Waals surface area contributed by atoms with Crippen LogP contribution in [-0.2, 0) is 0 Å². The summed E-state index contributed by atoms with van der Waals surface area (Å²) in [5.41, 5.74) is 0. The molecule has 1 N–H and O–H groups in total. The van der Waals surface area contributed by atoms with Crippen molar-refractivity contribution in [2.24, 2.45) is 0 Å². The molecule has 0 atom stereocenters. The van der Waals surface area contributed by atoms with E-state index in [0.717, 1.165) is 0 Å².